The lowest BCUT2D eigenvalue weighted by molar-refractivity contribution is 0.468. The highest BCUT2D eigenvalue weighted by Crippen LogP contribution is 2.30. The highest BCUT2D eigenvalue weighted by molar-refractivity contribution is 5.40. The molecule has 0 saturated carbocycles. The second-order valence-corrected chi connectivity index (χ2v) is 5.05. The zero-order valence-corrected chi connectivity index (χ0v) is 12.3. The zero-order valence-electron chi connectivity index (χ0n) is 12.3. The van der Waals surface area contributed by atoms with E-state index in [1.807, 2.05) is 36.4 Å². The van der Waals surface area contributed by atoms with Crippen LogP contribution in [0.25, 0.3) is 0 Å². The summed E-state index contributed by atoms with van der Waals surface area (Å²) in [6.07, 6.45) is 3.17. The van der Waals surface area contributed by atoms with Crippen molar-refractivity contribution in [3.05, 3.63) is 59.7 Å². The molecule has 0 fully saturated rings. The predicted octanol–water partition coefficient (Wildman–Crippen LogP) is 4.84. The van der Waals surface area contributed by atoms with Gasteiger partial charge < -0.3 is 10.5 Å². The number of hydrogen-bond acceptors (Lipinski definition) is 2. The Balaban J connectivity index is 2.17. The van der Waals surface area contributed by atoms with Crippen molar-refractivity contribution in [1.29, 1.82) is 0 Å². The molecule has 2 aromatic rings. The molecule has 0 aromatic heterocycles. The van der Waals surface area contributed by atoms with Gasteiger partial charge in [0.1, 0.15) is 11.5 Å². The van der Waals surface area contributed by atoms with Crippen molar-refractivity contribution < 1.29 is 4.74 Å². The molecular weight excluding hydrogens is 246 g/mol. The second-order valence-electron chi connectivity index (χ2n) is 5.05. The first kappa shape index (κ1) is 14.6. The van der Waals surface area contributed by atoms with Crippen LogP contribution in [0, 0.1) is 0 Å². The third-order valence-corrected chi connectivity index (χ3v) is 3.45. The van der Waals surface area contributed by atoms with Crippen LogP contribution in [-0.4, -0.2) is 0 Å². The lowest BCUT2D eigenvalue weighted by atomic mass is 10.0. The maximum absolute atomic E-state index is 6.13. The minimum atomic E-state index is 0.0190. The van der Waals surface area contributed by atoms with Gasteiger partial charge >= 0.3 is 0 Å². The van der Waals surface area contributed by atoms with Gasteiger partial charge in [0.25, 0.3) is 0 Å². The molecule has 0 aliphatic carbocycles. The smallest absolute Gasteiger partial charge is 0.132 e. The number of aryl methyl sites for hydroxylation is 1. The lowest BCUT2D eigenvalue weighted by Crippen LogP contribution is -2.09. The van der Waals surface area contributed by atoms with E-state index >= 15 is 0 Å². The van der Waals surface area contributed by atoms with Gasteiger partial charge in [-0.05, 0) is 36.6 Å². The van der Waals surface area contributed by atoms with Crippen molar-refractivity contribution in [3.8, 4) is 11.5 Å². The molecule has 1 unspecified atom stereocenters. The molecule has 0 amide bonds. The van der Waals surface area contributed by atoms with Crippen LogP contribution in [0.15, 0.2) is 48.5 Å². The summed E-state index contributed by atoms with van der Waals surface area (Å²) in [7, 11) is 0. The fraction of sp³-hybridized carbons (Fsp3) is 0.333. The van der Waals surface area contributed by atoms with Crippen LogP contribution in [0.5, 0.6) is 11.5 Å². The van der Waals surface area contributed by atoms with Crippen molar-refractivity contribution in [2.45, 2.75) is 39.2 Å². The summed E-state index contributed by atoms with van der Waals surface area (Å²) in [5.41, 5.74) is 8.54. The lowest BCUT2D eigenvalue weighted by Gasteiger charge is -2.15. The van der Waals surface area contributed by atoms with Gasteiger partial charge in [0, 0.05) is 11.6 Å². The SMILES string of the molecule is CCCc1ccc(Oc2ccccc2C(N)CC)cc1. The van der Waals surface area contributed by atoms with Gasteiger partial charge in [0.2, 0.25) is 0 Å². The molecule has 2 N–H and O–H groups in total. The van der Waals surface area contributed by atoms with Crippen LogP contribution in [-0.2, 0) is 6.42 Å². The van der Waals surface area contributed by atoms with E-state index in [1.165, 1.54) is 5.56 Å². The number of hydrogen-bond donors (Lipinski definition) is 1. The molecule has 0 heterocycles. The first-order chi connectivity index (χ1) is 9.74. The van der Waals surface area contributed by atoms with Crippen molar-refractivity contribution in [2.75, 3.05) is 0 Å². The van der Waals surface area contributed by atoms with Gasteiger partial charge in [-0.15, -0.1) is 0 Å². The van der Waals surface area contributed by atoms with Crippen molar-refractivity contribution in [3.63, 3.8) is 0 Å². The molecule has 0 spiro atoms. The fourth-order valence-corrected chi connectivity index (χ4v) is 2.24. The molecule has 2 heteroatoms. The average molecular weight is 269 g/mol. The monoisotopic (exact) mass is 269 g/mol. The van der Waals surface area contributed by atoms with E-state index in [0.29, 0.717) is 0 Å². The van der Waals surface area contributed by atoms with E-state index in [1.54, 1.807) is 0 Å². The number of nitrogens with two attached hydrogens (primary N) is 1. The molecule has 0 bridgehead atoms. The maximum atomic E-state index is 6.13. The van der Waals surface area contributed by atoms with Crippen LogP contribution in [0.1, 0.15) is 43.9 Å². The summed E-state index contributed by atoms with van der Waals surface area (Å²) >= 11 is 0. The summed E-state index contributed by atoms with van der Waals surface area (Å²) in [6, 6.07) is 16.3. The Morgan fingerprint density at radius 2 is 1.70 bits per heavy atom. The molecular formula is C18H23NO. The quantitative estimate of drug-likeness (QED) is 0.814. The van der Waals surface area contributed by atoms with Gasteiger partial charge in [-0.25, -0.2) is 0 Å². The second kappa shape index (κ2) is 7.11. The van der Waals surface area contributed by atoms with Crippen LogP contribution in [0.4, 0.5) is 0 Å². The molecule has 106 valence electrons. The number of ether oxygens (including phenoxy) is 1. The first-order valence-electron chi connectivity index (χ1n) is 7.35. The molecule has 0 aliphatic heterocycles. The Morgan fingerprint density at radius 1 is 1.00 bits per heavy atom. The normalized spacial score (nSPS) is 12.2. The van der Waals surface area contributed by atoms with Gasteiger partial charge in [0.05, 0.1) is 0 Å². The Bertz CT molecular complexity index is 533. The van der Waals surface area contributed by atoms with Gasteiger partial charge in [0.15, 0.2) is 0 Å². The minimum Gasteiger partial charge on any atom is -0.457 e. The highest BCUT2D eigenvalue weighted by Gasteiger charge is 2.10. The Kier molecular flexibility index (Phi) is 5.19. The Labute approximate surface area is 121 Å². The first-order valence-corrected chi connectivity index (χ1v) is 7.35. The number of benzene rings is 2. The van der Waals surface area contributed by atoms with Crippen molar-refractivity contribution in [2.24, 2.45) is 5.73 Å². The van der Waals surface area contributed by atoms with E-state index in [9.17, 15) is 0 Å². The van der Waals surface area contributed by atoms with E-state index in [0.717, 1.165) is 36.3 Å². The minimum absolute atomic E-state index is 0.0190. The Morgan fingerprint density at radius 3 is 2.35 bits per heavy atom. The molecule has 20 heavy (non-hydrogen) atoms. The number of rotatable bonds is 6. The highest BCUT2D eigenvalue weighted by atomic mass is 16.5. The fourth-order valence-electron chi connectivity index (χ4n) is 2.24. The van der Waals surface area contributed by atoms with Crippen molar-refractivity contribution in [1.82, 2.24) is 0 Å². The third kappa shape index (κ3) is 3.61. The van der Waals surface area contributed by atoms with Gasteiger partial charge in [-0.2, -0.15) is 0 Å². The summed E-state index contributed by atoms with van der Waals surface area (Å²) in [5, 5.41) is 0. The van der Waals surface area contributed by atoms with E-state index in [-0.39, 0.29) is 6.04 Å². The van der Waals surface area contributed by atoms with Crippen LogP contribution in [0.3, 0.4) is 0 Å². The largest absolute Gasteiger partial charge is 0.457 e. The average Bonchev–Trinajstić information content (AvgIpc) is 2.49. The zero-order chi connectivity index (χ0) is 14.4. The third-order valence-electron chi connectivity index (χ3n) is 3.45. The summed E-state index contributed by atoms with van der Waals surface area (Å²) < 4.78 is 5.99. The molecule has 2 nitrogen and oxygen atoms in total. The van der Waals surface area contributed by atoms with Gasteiger partial charge in [-0.3, -0.25) is 0 Å². The molecule has 2 aromatic carbocycles. The molecule has 2 rings (SSSR count). The van der Waals surface area contributed by atoms with Crippen LogP contribution < -0.4 is 10.5 Å². The van der Waals surface area contributed by atoms with Gasteiger partial charge in [-0.1, -0.05) is 50.6 Å². The summed E-state index contributed by atoms with van der Waals surface area (Å²) in [6.45, 7) is 4.27. The van der Waals surface area contributed by atoms with Crippen LogP contribution in [0.2, 0.25) is 0 Å². The van der Waals surface area contributed by atoms with E-state index < -0.39 is 0 Å². The van der Waals surface area contributed by atoms with Crippen molar-refractivity contribution >= 4 is 0 Å². The van der Waals surface area contributed by atoms with Crippen LogP contribution >= 0.6 is 0 Å². The topological polar surface area (TPSA) is 35.2 Å². The Hall–Kier alpha value is -1.80. The predicted molar refractivity (Wildman–Crippen MR) is 84.2 cm³/mol. The molecule has 0 aliphatic rings. The summed E-state index contributed by atoms with van der Waals surface area (Å²) in [4.78, 5) is 0. The molecule has 0 radical (unpaired) electrons. The molecule has 0 saturated heterocycles. The van der Waals surface area contributed by atoms with E-state index in [4.69, 9.17) is 10.5 Å². The number of para-hydroxylation sites is 1. The van der Waals surface area contributed by atoms with E-state index in [2.05, 4.69) is 26.0 Å². The summed E-state index contributed by atoms with van der Waals surface area (Å²) in [5.74, 6) is 1.71. The maximum Gasteiger partial charge on any atom is 0.132 e. The molecule has 1 atom stereocenters. The standard InChI is InChI=1S/C18H23NO/c1-3-7-14-10-12-15(13-11-14)20-18-9-6-5-8-16(18)17(19)4-2/h5-6,8-13,17H,3-4,7,19H2,1-2H3.